The molecule has 0 bridgehead atoms. The van der Waals surface area contributed by atoms with Crippen LogP contribution in [0.2, 0.25) is 0 Å². The molecule has 1 saturated heterocycles. The van der Waals surface area contributed by atoms with Crippen LogP contribution in [0.5, 0.6) is 5.75 Å². The number of nitrogens with one attached hydrogen (secondary N) is 1. The lowest BCUT2D eigenvalue weighted by Gasteiger charge is -2.28. The van der Waals surface area contributed by atoms with E-state index >= 15 is 0 Å². The molecule has 1 amide bonds. The molecule has 0 aliphatic carbocycles. The van der Waals surface area contributed by atoms with Gasteiger partial charge in [0.1, 0.15) is 11.9 Å². The number of carbonyl (C=O) groups is 1. The number of ether oxygens (including phenoxy) is 1. The largest absolute Gasteiger partial charge is 0.490 e. The second kappa shape index (κ2) is 6.75. The van der Waals surface area contributed by atoms with Crippen LogP contribution in [0.25, 0.3) is 0 Å². The van der Waals surface area contributed by atoms with Crippen molar-refractivity contribution in [2.75, 3.05) is 26.2 Å². The van der Waals surface area contributed by atoms with E-state index < -0.39 is 0 Å². The maximum Gasteiger partial charge on any atom is 0.226 e. The van der Waals surface area contributed by atoms with E-state index in [-0.39, 0.29) is 12.0 Å². The molecule has 1 unspecified atom stereocenters. The van der Waals surface area contributed by atoms with Gasteiger partial charge in [-0.25, -0.2) is 0 Å². The Balaban J connectivity index is 1.91. The van der Waals surface area contributed by atoms with Crippen LogP contribution in [0.4, 0.5) is 0 Å². The minimum absolute atomic E-state index is 0.0998. The van der Waals surface area contributed by atoms with E-state index in [9.17, 15) is 4.79 Å². The van der Waals surface area contributed by atoms with Gasteiger partial charge in [0.05, 0.1) is 6.42 Å². The average Bonchev–Trinajstić information content (AvgIpc) is 2.44. The smallest absolute Gasteiger partial charge is 0.226 e. The lowest BCUT2D eigenvalue weighted by Crippen LogP contribution is -2.47. The van der Waals surface area contributed by atoms with Crippen LogP contribution < -0.4 is 10.1 Å². The topological polar surface area (TPSA) is 41.6 Å². The summed E-state index contributed by atoms with van der Waals surface area (Å²) in [4.78, 5) is 14.1. The van der Waals surface area contributed by atoms with Gasteiger partial charge in [-0.3, -0.25) is 4.79 Å². The molecule has 1 aliphatic rings. The van der Waals surface area contributed by atoms with Crippen molar-refractivity contribution in [2.24, 2.45) is 0 Å². The minimum Gasteiger partial charge on any atom is -0.490 e. The first-order valence-corrected chi connectivity index (χ1v) is 7.29. The first-order chi connectivity index (χ1) is 9.58. The fourth-order valence-electron chi connectivity index (χ4n) is 2.52. The van der Waals surface area contributed by atoms with E-state index in [4.69, 9.17) is 4.74 Å². The van der Waals surface area contributed by atoms with E-state index in [0.717, 1.165) is 43.1 Å². The molecule has 0 spiro atoms. The summed E-state index contributed by atoms with van der Waals surface area (Å²) in [5, 5.41) is 3.25. The lowest BCUT2D eigenvalue weighted by molar-refractivity contribution is -0.133. The van der Waals surface area contributed by atoms with Crippen LogP contribution in [0.1, 0.15) is 24.5 Å². The Morgan fingerprint density at radius 3 is 2.50 bits per heavy atom. The summed E-state index contributed by atoms with van der Waals surface area (Å²) in [6.07, 6.45) is 0.338. The summed E-state index contributed by atoms with van der Waals surface area (Å²) in [5.41, 5.74) is 2.23. The van der Waals surface area contributed by atoms with Crippen molar-refractivity contribution in [1.29, 1.82) is 0 Å². The van der Waals surface area contributed by atoms with Gasteiger partial charge in [0.2, 0.25) is 5.91 Å². The van der Waals surface area contributed by atoms with Gasteiger partial charge >= 0.3 is 0 Å². The number of piperazine rings is 1. The van der Waals surface area contributed by atoms with Crippen LogP contribution >= 0.6 is 0 Å². The van der Waals surface area contributed by atoms with Gasteiger partial charge in [-0.1, -0.05) is 18.2 Å². The zero-order valence-corrected chi connectivity index (χ0v) is 12.6. The molecular weight excluding hydrogens is 252 g/mol. The van der Waals surface area contributed by atoms with E-state index in [1.807, 2.05) is 43.9 Å². The average molecular weight is 276 g/mol. The SMILES string of the molecule is Cc1cccc(C)c1OC(C)CC(=O)N1CCNCC1. The zero-order valence-electron chi connectivity index (χ0n) is 12.6. The maximum absolute atomic E-state index is 12.2. The van der Waals surface area contributed by atoms with Gasteiger partial charge in [0, 0.05) is 26.2 Å². The number of amides is 1. The van der Waals surface area contributed by atoms with Crippen molar-refractivity contribution in [2.45, 2.75) is 33.3 Å². The van der Waals surface area contributed by atoms with Gasteiger partial charge < -0.3 is 15.0 Å². The molecule has 1 fully saturated rings. The quantitative estimate of drug-likeness (QED) is 0.913. The molecule has 0 radical (unpaired) electrons. The Labute approximate surface area is 121 Å². The number of rotatable bonds is 4. The highest BCUT2D eigenvalue weighted by Crippen LogP contribution is 2.24. The number of para-hydroxylation sites is 1. The van der Waals surface area contributed by atoms with Crippen LogP contribution in [-0.4, -0.2) is 43.1 Å². The zero-order chi connectivity index (χ0) is 14.5. The summed E-state index contributed by atoms with van der Waals surface area (Å²) in [6, 6.07) is 6.09. The summed E-state index contributed by atoms with van der Waals surface area (Å²) < 4.78 is 5.97. The Morgan fingerprint density at radius 2 is 1.90 bits per heavy atom. The minimum atomic E-state index is -0.0998. The van der Waals surface area contributed by atoms with Gasteiger partial charge in [-0.15, -0.1) is 0 Å². The number of aryl methyl sites for hydroxylation is 2. The van der Waals surface area contributed by atoms with Crippen molar-refractivity contribution < 1.29 is 9.53 Å². The molecular formula is C16H24N2O2. The van der Waals surface area contributed by atoms with E-state index in [0.29, 0.717) is 6.42 Å². The summed E-state index contributed by atoms with van der Waals surface area (Å²) >= 11 is 0. The van der Waals surface area contributed by atoms with Crippen LogP contribution in [0.3, 0.4) is 0 Å². The number of carbonyl (C=O) groups excluding carboxylic acids is 1. The lowest BCUT2D eigenvalue weighted by atomic mass is 10.1. The fourth-order valence-corrected chi connectivity index (χ4v) is 2.52. The molecule has 4 nitrogen and oxygen atoms in total. The first kappa shape index (κ1) is 14.9. The molecule has 1 aromatic rings. The number of benzene rings is 1. The highest BCUT2D eigenvalue weighted by Gasteiger charge is 2.19. The summed E-state index contributed by atoms with van der Waals surface area (Å²) in [7, 11) is 0. The third kappa shape index (κ3) is 3.73. The Bertz CT molecular complexity index is 447. The summed E-state index contributed by atoms with van der Waals surface area (Å²) in [6.45, 7) is 9.41. The van der Waals surface area contributed by atoms with Gasteiger partial charge in [-0.05, 0) is 31.9 Å². The fraction of sp³-hybridized carbons (Fsp3) is 0.562. The molecule has 2 rings (SSSR count). The third-order valence-electron chi connectivity index (χ3n) is 3.66. The second-order valence-electron chi connectivity index (χ2n) is 5.48. The number of hydrogen-bond acceptors (Lipinski definition) is 3. The summed E-state index contributed by atoms with van der Waals surface area (Å²) in [5.74, 6) is 1.10. The molecule has 1 atom stereocenters. The molecule has 1 heterocycles. The number of hydrogen-bond donors (Lipinski definition) is 1. The normalized spacial score (nSPS) is 16.9. The van der Waals surface area contributed by atoms with Crippen molar-refractivity contribution >= 4 is 5.91 Å². The number of nitrogens with zero attached hydrogens (tertiary/aromatic N) is 1. The monoisotopic (exact) mass is 276 g/mol. The highest BCUT2D eigenvalue weighted by molar-refractivity contribution is 5.76. The molecule has 20 heavy (non-hydrogen) atoms. The van der Waals surface area contributed by atoms with Crippen molar-refractivity contribution in [3.8, 4) is 5.75 Å². The van der Waals surface area contributed by atoms with Crippen molar-refractivity contribution in [3.05, 3.63) is 29.3 Å². The third-order valence-corrected chi connectivity index (χ3v) is 3.66. The molecule has 110 valence electrons. The first-order valence-electron chi connectivity index (χ1n) is 7.29. The van der Waals surface area contributed by atoms with Gasteiger partial charge in [0.25, 0.3) is 0 Å². The molecule has 1 aromatic carbocycles. The van der Waals surface area contributed by atoms with Crippen LogP contribution in [0.15, 0.2) is 18.2 Å². The molecule has 4 heteroatoms. The highest BCUT2D eigenvalue weighted by atomic mass is 16.5. The van der Waals surface area contributed by atoms with E-state index in [1.54, 1.807) is 0 Å². The van der Waals surface area contributed by atoms with E-state index in [2.05, 4.69) is 5.32 Å². The van der Waals surface area contributed by atoms with Crippen LogP contribution in [0, 0.1) is 13.8 Å². The molecule has 0 saturated carbocycles. The van der Waals surface area contributed by atoms with Crippen molar-refractivity contribution in [1.82, 2.24) is 10.2 Å². The Morgan fingerprint density at radius 1 is 1.30 bits per heavy atom. The maximum atomic E-state index is 12.2. The molecule has 1 aliphatic heterocycles. The van der Waals surface area contributed by atoms with E-state index in [1.165, 1.54) is 0 Å². The molecule has 1 N–H and O–H groups in total. The second-order valence-corrected chi connectivity index (χ2v) is 5.48. The van der Waals surface area contributed by atoms with Crippen molar-refractivity contribution in [3.63, 3.8) is 0 Å². The Kier molecular flexibility index (Phi) is 5.01. The molecule has 0 aromatic heterocycles. The van der Waals surface area contributed by atoms with Crippen LogP contribution in [-0.2, 0) is 4.79 Å². The van der Waals surface area contributed by atoms with Gasteiger partial charge in [-0.2, -0.15) is 0 Å². The predicted molar refractivity (Wildman–Crippen MR) is 80.1 cm³/mol. The standard InChI is InChI=1S/C16H24N2O2/c1-12-5-4-6-13(2)16(12)20-14(3)11-15(19)18-9-7-17-8-10-18/h4-6,14,17H,7-11H2,1-3H3. The van der Waals surface area contributed by atoms with Gasteiger partial charge in [0.15, 0.2) is 0 Å². The predicted octanol–water partition coefficient (Wildman–Crippen LogP) is 1.89. The Hall–Kier alpha value is -1.55.